The van der Waals surface area contributed by atoms with Crippen molar-refractivity contribution in [1.82, 2.24) is 4.98 Å². The third-order valence-corrected chi connectivity index (χ3v) is 3.74. The second kappa shape index (κ2) is 5.84. The van der Waals surface area contributed by atoms with E-state index in [4.69, 9.17) is 5.73 Å². The highest BCUT2D eigenvalue weighted by Crippen LogP contribution is 2.30. The van der Waals surface area contributed by atoms with E-state index in [1.807, 2.05) is 24.5 Å². The zero-order chi connectivity index (χ0) is 12.1. The molecular formula is C14H16N2S. The Morgan fingerprint density at radius 2 is 1.94 bits per heavy atom. The van der Waals surface area contributed by atoms with Gasteiger partial charge in [0.1, 0.15) is 0 Å². The average Bonchev–Trinajstić information content (AvgIpc) is 2.34. The Hall–Kier alpha value is -1.32. The smallest absolute Gasteiger partial charge is 0.0279 e. The van der Waals surface area contributed by atoms with Crippen molar-refractivity contribution in [2.24, 2.45) is 5.73 Å². The van der Waals surface area contributed by atoms with Crippen LogP contribution < -0.4 is 5.73 Å². The van der Waals surface area contributed by atoms with Gasteiger partial charge in [-0.05, 0) is 49.2 Å². The van der Waals surface area contributed by atoms with Crippen LogP contribution in [0, 0.1) is 6.92 Å². The molecule has 2 rings (SSSR count). The van der Waals surface area contributed by atoms with E-state index in [-0.39, 0.29) is 0 Å². The van der Waals surface area contributed by atoms with Gasteiger partial charge in [-0.3, -0.25) is 4.98 Å². The first-order valence-corrected chi connectivity index (χ1v) is 6.48. The van der Waals surface area contributed by atoms with Gasteiger partial charge in [-0.2, -0.15) is 0 Å². The summed E-state index contributed by atoms with van der Waals surface area (Å²) < 4.78 is 0. The third-order valence-electron chi connectivity index (χ3n) is 2.55. The van der Waals surface area contributed by atoms with Crippen LogP contribution in [0.5, 0.6) is 0 Å². The molecule has 17 heavy (non-hydrogen) atoms. The maximum absolute atomic E-state index is 5.56. The van der Waals surface area contributed by atoms with Crippen molar-refractivity contribution in [3.63, 3.8) is 0 Å². The summed E-state index contributed by atoms with van der Waals surface area (Å²) in [6.07, 6.45) is 4.59. The van der Waals surface area contributed by atoms with Crippen LogP contribution >= 0.6 is 11.8 Å². The average molecular weight is 244 g/mol. The van der Waals surface area contributed by atoms with Gasteiger partial charge in [-0.1, -0.05) is 23.9 Å². The number of aryl methyl sites for hydroxylation is 1. The molecule has 3 heteroatoms. The molecule has 0 saturated heterocycles. The van der Waals surface area contributed by atoms with Crippen molar-refractivity contribution in [3.05, 3.63) is 53.9 Å². The summed E-state index contributed by atoms with van der Waals surface area (Å²) in [4.78, 5) is 6.53. The highest BCUT2D eigenvalue weighted by Gasteiger charge is 2.02. The number of pyridine rings is 1. The lowest BCUT2D eigenvalue weighted by Crippen LogP contribution is -2.02. The molecule has 0 bridgehead atoms. The van der Waals surface area contributed by atoms with Crippen molar-refractivity contribution >= 4 is 11.8 Å². The molecule has 1 heterocycles. The van der Waals surface area contributed by atoms with Gasteiger partial charge in [0, 0.05) is 22.2 Å². The molecule has 0 amide bonds. The van der Waals surface area contributed by atoms with E-state index >= 15 is 0 Å². The molecule has 0 saturated carbocycles. The third kappa shape index (κ3) is 3.32. The molecule has 0 atom stereocenters. The van der Waals surface area contributed by atoms with Crippen LogP contribution in [0.1, 0.15) is 11.1 Å². The molecule has 88 valence electrons. The standard InChI is InChI=1S/C14H16N2S/c1-11-10-12(4-7-15)2-3-14(11)17-13-5-8-16-9-6-13/h2-3,5-6,8-10H,4,7,15H2,1H3. The Balaban J connectivity index is 2.17. The molecule has 0 fully saturated rings. The Kier molecular flexibility index (Phi) is 4.18. The molecule has 2 N–H and O–H groups in total. The van der Waals surface area contributed by atoms with Crippen molar-refractivity contribution in [2.45, 2.75) is 23.1 Å². The maximum atomic E-state index is 5.56. The lowest BCUT2D eigenvalue weighted by Gasteiger charge is -2.07. The van der Waals surface area contributed by atoms with E-state index in [9.17, 15) is 0 Å². The molecule has 0 spiro atoms. The van der Waals surface area contributed by atoms with E-state index in [2.05, 4.69) is 30.1 Å². The fraction of sp³-hybridized carbons (Fsp3) is 0.214. The summed E-state index contributed by atoms with van der Waals surface area (Å²) in [6, 6.07) is 10.6. The van der Waals surface area contributed by atoms with E-state index in [0.717, 1.165) is 6.42 Å². The van der Waals surface area contributed by atoms with Crippen LogP contribution in [0.25, 0.3) is 0 Å². The van der Waals surface area contributed by atoms with Gasteiger partial charge in [0.25, 0.3) is 0 Å². The summed E-state index contributed by atoms with van der Waals surface area (Å²) >= 11 is 1.77. The van der Waals surface area contributed by atoms with Crippen LogP contribution in [-0.4, -0.2) is 11.5 Å². The quantitative estimate of drug-likeness (QED) is 0.898. The Bertz CT molecular complexity index is 483. The fourth-order valence-corrected chi connectivity index (χ4v) is 2.55. The Labute approximate surface area is 106 Å². The molecule has 0 aliphatic carbocycles. The van der Waals surface area contributed by atoms with Gasteiger partial charge in [-0.25, -0.2) is 0 Å². The molecular weight excluding hydrogens is 228 g/mol. The van der Waals surface area contributed by atoms with E-state index < -0.39 is 0 Å². The van der Waals surface area contributed by atoms with Crippen molar-refractivity contribution in [3.8, 4) is 0 Å². The number of hydrogen-bond acceptors (Lipinski definition) is 3. The molecule has 1 aromatic heterocycles. The Morgan fingerprint density at radius 3 is 2.59 bits per heavy atom. The number of aromatic nitrogens is 1. The summed E-state index contributed by atoms with van der Waals surface area (Å²) in [7, 11) is 0. The van der Waals surface area contributed by atoms with E-state index in [1.165, 1.54) is 20.9 Å². The van der Waals surface area contributed by atoms with Crippen molar-refractivity contribution < 1.29 is 0 Å². The predicted molar refractivity (Wildman–Crippen MR) is 72.3 cm³/mol. The summed E-state index contributed by atoms with van der Waals surface area (Å²) in [5, 5.41) is 0. The van der Waals surface area contributed by atoms with Gasteiger partial charge in [0.05, 0.1) is 0 Å². The SMILES string of the molecule is Cc1cc(CCN)ccc1Sc1ccncc1. The highest BCUT2D eigenvalue weighted by atomic mass is 32.2. The zero-order valence-electron chi connectivity index (χ0n) is 9.89. The minimum atomic E-state index is 0.705. The fourth-order valence-electron chi connectivity index (χ4n) is 1.68. The number of hydrogen-bond donors (Lipinski definition) is 1. The minimum Gasteiger partial charge on any atom is -0.330 e. The maximum Gasteiger partial charge on any atom is 0.0279 e. The molecule has 2 nitrogen and oxygen atoms in total. The number of nitrogens with two attached hydrogens (primary N) is 1. The lowest BCUT2D eigenvalue weighted by atomic mass is 10.1. The van der Waals surface area contributed by atoms with Crippen molar-refractivity contribution in [2.75, 3.05) is 6.54 Å². The second-order valence-electron chi connectivity index (χ2n) is 3.92. The van der Waals surface area contributed by atoms with E-state index in [0.29, 0.717) is 6.54 Å². The number of nitrogens with zero attached hydrogens (tertiary/aromatic N) is 1. The predicted octanol–water partition coefficient (Wildman–Crippen LogP) is 3.04. The van der Waals surface area contributed by atoms with Gasteiger partial charge >= 0.3 is 0 Å². The number of benzene rings is 1. The van der Waals surface area contributed by atoms with Gasteiger partial charge in [-0.15, -0.1) is 0 Å². The molecule has 2 aromatic rings. The first kappa shape index (κ1) is 12.1. The van der Waals surface area contributed by atoms with Gasteiger partial charge in [0.2, 0.25) is 0 Å². The van der Waals surface area contributed by atoms with Crippen molar-refractivity contribution in [1.29, 1.82) is 0 Å². The highest BCUT2D eigenvalue weighted by molar-refractivity contribution is 7.99. The minimum absolute atomic E-state index is 0.705. The zero-order valence-corrected chi connectivity index (χ0v) is 10.7. The van der Waals surface area contributed by atoms with E-state index in [1.54, 1.807) is 11.8 Å². The summed E-state index contributed by atoms with van der Waals surface area (Å²) in [5.74, 6) is 0. The normalized spacial score (nSPS) is 10.5. The first-order valence-electron chi connectivity index (χ1n) is 5.67. The lowest BCUT2D eigenvalue weighted by molar-refractivity contribution is 0.963. The van der Waals surface area contributed by atoms with Crippen LogP contribution in [0.15, 0.2) is 52.5 Å². The first-order chi connectivity index (χ1) is 8.29. The number of rotatable bonds is 4. The van der Waals surface area contributed by atoms with Crippen LogP contribution in [-0.2, 0) is 6.42 Å². The molecule has 0 aliphatic heterocycles. The van der Waals surface area contributed by atoms with Gasteiger partial charge < -0.3 is 5.73 Å². The largest absolute Gasteiger partial charge is 0.330 e. The molecule has 0 radical (unpaired) electrons. The molecule has 1 aromatic carbocycles. The van der Waals surface area contributed by atoms with Crippen LogP contribution in [0.4, 0.5) is 0 Å². The second-order valence-corrected chi connectivity index (χ2v) is 5.04. The monoisotopic (exact) mass is 244 g/mol. The summed E-state index contributed by atoms with van der Waals surface area (Å²) in [6.45, 7) is 2.85. The van der Waals surface area contributed by atoms with Crippen LogP contribution in [0.2, 0.25) is 0 Å². The van der Waals surface area contributed by atoms with Gasteiger partial charge in [0.15, 0.2) is 0 Å². The Morgan fingerprint density at radius 1 is 1.18 bits per heavy atom. The molecule has 0 aliphatic rings. The molecule has 0 unspecified atom stereocenters. The van der Waals surface area contributed by atoms with Crippen LogP contribution in [0.3, 0.4) is 0 Å². The topological polar surface area (TPSA) is 38.9 Å². The summed E-state index contributed by atoms with van der Waals surface area (Å²) in [5.41, 5.74) is 8.17.